The molecule has 2 rings (SSSR count). The quantitative estimate of drug-likeness (QED) is 0.625. The summed E-state index contributed by atoms with van der Waals surface area (Å²) in [6, 6.07) is 3.98. The van der Waals surface area contributed by atoms with E-state index >= 15 is 0 Å². The lowest BCUT2D eigenvalue weighted by molar-refractivity contribution is 0.174. The van der Waals surface area contributed by atoms with Gasteiger partial charge in [-0.2, -0.15) is 11.8 Å². The molecule has 0 radical (unpaired) electrons. The van der Waals surface area contributed by atoms with Gasteiger partial charge in [0.15, 0.2) is 11.5 Å². The van der Waals surface area contributed by atoms with Crippen molar-refractivity contribution in [1.29, 1.82) is 0 Å². The Morgan fingerprint density at radius 2 is 2.07 bits per heavy atom. The van der Waals surface area contributed by atoms with Gasteiger partial charge < -0.3 is 9.47 Å². The minimum Gasteiger partial charge on any atom is -0.454 e. The summed E-state index contributed by atoms with van der Waals surface area (Å²) in [4.78, 5) is 0. The molecular formula is C10H10BrClO2S. The third-order valence-corrected chi connectivity index (χ3v) is 4.18. The lowest BCUT2D eigenvalue weighted by atomic mass is 10.2. The third kappa shape index (κ3) is 2.74. The molecule has 0 N–H and O–H groups in total. The van der Waals surface area contributed by atoms with Gasteiger partial charge in [0, 0.05) is 21.9 Å². The topological polar surface area (TPSA) is 18.5 Å². The van der Waals surface area contributed by atoms with Crippen LogP contribution in [0.3, 0.4) is 0 Å². The Morgan fingerprint density at radius 1 is 1.33 bits per heavy atom. The molecule has 0 aromatic heterocycles. The second-order valence-corrected chi connectivity index (χ2v) is 5.38. The van der Waals surface area contributed by atoms with Crippen LogP contribution in [0.2, 0.25) is 0 Å². The molecule has 1 aliphatic heterocycles. The van der Waals surface area contributed by atoms with Crippen LogP contribution in [0.15, 0.2) is 16.6 Å². The summed E-state index contributed by atoms with van der Waals surface area (Å²) < 4.78 is 11.7. The van der Waals surface area contributed by atoms with Crippen LogP contribution in [0, 0.1) is 0 Å². The molecule has 1 aromatic carbocycles. The zero-order chi connectivity index (χ0) is 10.7. The summed E-state index contributed by atoms with van der Waals surface area (Å²) >= 11 is 11.0. The maximum absolute atomic E-state index is 5.62. The number of hydrogen-bond acceptors (Lipinski definition) is 3. The van der Waals surface area contributed by atoms with Crippen molar-refractivity contribution in [3.8, 4) is 11.5 Å². The summed E-state index contributed by atoms with van der Waals surface area (Å²) in [5.74, 6) is 4.23. The van der Waals surface area contributed by atoms with Gasteiger partial charge >= 0.3 is 0 Å². The molecule has 0 aliphatic carbocycles. The minimum absolute atomic E-state index is 0.319. The van der Waals surface area contributed by atoms with E-state index in [0.717, 1.165) is 27.5 Å². The summed E-state index contributed by atoms with van der Waals surface area (Å²) in [7, 11) is 0. The molecule has 1 aliphatic rings. The number of alkyl halides is 1. The lowest BCUT2D eigenvalue weighted by Gasteiger charge is -2.05. The van der Waals surface area contributed by atoms with Crippen LogP contribution in [0.5, 0.6) is 11.5 Å². The average Bonchev–Trinajstić information content (AvgIpc) is 2.65. The standard InChI is InChI=1S/C10H10BrClO2S/c11-8-4-10-9(13-6-14-10)3-7(8)5-15-2-1-12/h3-4H,1-2,5-6H2. The molecule has 2 nitrogen and oxygen atoms in total. The largest absolute Gasteiger partial charge is 0.454 e. The second kappa shape index (κ2) is 5.32. The maximum atomic E-state index is 5.62. The Bertz CT molecular complexity index is 360. The summed E-state index contributed by atoms with van der Waals surface area (Å²) in [6.45, 7) is 0.319. The number of thioether (sulfide) groups is 1. The monoisotopic (exact) mass is 308 g/mol. The van der Waals surface area contributed by atoms with E-state index in [0.29, 0.717) is 12.7 Å². The van der Waals surface area contributed by atoms with Crippen LogP contribution in [0.1, 0.15) is 5.56 Å². The first kappa shape index (κ1) is 11.4. The number of ether oxygens (including phenoxy) is 2. The molecule has 0 bridgehead atoms. The smallest absolute Gasteiger partial charge is 0.231 e. The van der Waals surface area contributed by atoms with Gasteiger partial charge in [0.1, 0.15) is 0 Å². The molecule has 82 valence electrons. The second-order valence-electron chi connectivity index (χ2n) is 3.04. The Labute approximate surface area is 106 Å². The van der Waals surface area contributed by atoms with Gasteiger partial charge in [0.05, 0.1) is 0 Å². The van der Waals surface area contributed by atoms with Gasteiger partial charge in [-0.15, -0.1) is 11.6 Å². The van der Waals surface area contributed by atoms with Crippen molar-refractivity contribution in [2.75, 3.05) is 18.4 Å². The van der Waals surface area contributed by atoms with E-state index < -0.39 is 0 Å². The Balaban J connectivity index is 2.10. The average molecular weight is 310 g/mol. The molecule has 0 unspecified atom stereocenters. The summed E-state index contributed by atoms with van der Waals surface area (Å²) in [5.41, 5.74) is 1.22. The van der Waals surface area contributed by atoms with Crippen molar-refractivity contribution in [3.05, 3.63) is 22.2 Å². The van der Waals surface area contributed by atoms with Crippen molar-refractivity contribution in [3.63, 3.8) is 0 Å². The summed E-state index contributed by atoms with van der Waals surface area (Å²) in [6.07, 6.45) is 0. The molecule has 0 spiro atoms. The highest BCUT2D eigenvalue weighted by Gasteiger charge is 2.15. The molecule has 0 amide bonds. The lowest BCUT2D eigenvalue weighted by Crippen LogP contribution is -1.92. The molecule has 0 fully saturated rings. The number of halogens is 2. The van der Waals surface area contributed by atoms with Gasteiger partial charge in [-0.1, -0.05) is 15.9 Å². The Morgan fingerprint density at radius 3 is 2.80 bits per heavy atom. The van der Waals surface area contributed by atoms with Crippen LogP contribution in [0.4, 0.5) is 0 Å². The fraction of sp³-hybridized carbons (Fsp3) is 0.400. The van der Waals surface area contributed by atoms with Crippen molar-refractivity contribution in [2.24, 2.45) is 0 Å². The summed E-state index contributed by atoms with van der Waals surface area (Å²) in [5, 5.41) is 0. The fourth-order valence-electron chi connectivity index (χ4n) is 1.31. The van der Waals surface area contributed by atoms with E-state index in [1.54, 1.807) is 0 Å². The number of fused-ring (bicyclic) bond motifs is 1. The van der Waals surface area contributed by atoms with Crippen molar-refractivity contribution < 1.29 is 9.47 Å². The first-order valence-electron chi connectivity index (χ1n) is 4.53. The van der Waals surface area contributed by atoms with Crippen LogP contribution in [0.25, 0.3) is 0 Å². The third-order valence-electron chi connectivity index (χ3n) is 2.02. The Kier molecular flexibility index (Phi) is 4.05. The highest BCUT2D eigenvalue weighted by Crippen LogP contribution is 2.38. The Hall–Kier alpha value is -0.0600. The molecule has 0 saturated heterocycles. The van der Waals surface area contributed by atoms with Gasteiger partial charge in [-0.3, -0.25) is 0 Å². The zero-order valence-electron chi connectivity index (χ0n) is 7.96. The van der Waals surface area contributed by atoms with Gasteiger partial charge in [-0.25, -0.2) is 0 Å². The van der Waals surface area contributed by atoms with Crippen LogP contribution in [-0.2, 0) is 5.75 Å². The van der Waals surface area contributed by atoms with Crippen LogP contribution >= 0.6 is 39.3 Å². The van der Waals surface area contributed by atoms with E-state index in [1.165, 1.54) is 5.56 Å². The fourth-order valence-corrected chi connectivity index (χ4v) is 2.99. The van der Waals surface area contributed by atoms with Crippen molar-refractivity contribution >= 4 is 39.3 Å². The molecule has 1 aromatic rings. The number of rotatable bonds is 4. The van der Waals surface area contributed by atoms with Crippen molar-refractivity contribution in [2.45, 2.75) is 5.75 Å². The van der Waals surface area contributed by atoms with E-state index in [-0.39, 0.29) is 0 Å². The highest BCUT2D eigenvalue weighted by atomic mass is 79.9. The van der Waals surface area contributed by atoms with E-state index in [4.69, 9.17) is 21.1 Å². The normalized spacial score (nSPS) is 13.2. The predicted molar refractivity (Wildman–Crippen MR) is 67.1 cm³/mol. The van der Waals surface area contributed by atoms with E-state index in [1.807, 2.05) is 23.9 Å². The molecule has 0 saturated carbocycles. The van der Waals surface area contributed by atoms with Gasteiger partial charge in [0.2, 0.25) is 6.79 Å². The van der Waals surface area contributed by atoms with Gasteiger partial charge in [-0.05, 0) is 17.7 Å². The first-order chi connectivity index (χ1) is 7.31. The number of benzene rings is 1. The maximum Gasteiger partial charge on any atom is 0.231 e. The van der Waals surface area contributed by atoms with Crippen LogP contribution < -0.4 is 9.47 Å². The number of hydrogen-bond donors (Lipinski definition) is 0. The highest BCUT2D eigenvalue weighted by molar-refractivity contribution is 9.10. The first-order valence-corrected chi connectivity index (χ1v) is 7.01. The molecule has 5 heteroatoms. The predicted octanol–water partition coefficient (Wildman–Crippen LogP) is 3.65. The van der Waals surface area contributed by atoms with E-state index in [2.05, 4.69) is 15.9 Å². The SMILES string of the molecule is ClCCSCc1cc2c(cc1Br)OCO2. The van der Waals surface area contributed by atoms with Gasteiger partial charge in [0.25, 0.3) is 0 Å². The minimum atomic E-state index is 0.319. The molecule has 0 atom stereocenters. The van der Waals surface area contributed by atoms with E-state index in [9.17, 15) is 0 Å². The van der Waals surface area contributed by atoms with Crippen LogP contribution in [-0.4, -0.2) is 18.4 Å². The molecule has 1 heterocycles. The van der Waals surface area contributed by atoms with Crippen molar-refractivity contribution in [1.82, 2.24) is 0 Å². The zero-order valence-corrected chi connectivity index (χ0v) is 11.1. The molecular weight excluding hydrogens is 300 g/mol. The molecule has 15 heavy (non-hydrogen) atoms.